The molecule has 1 heterocycles. The van der Waals surface area contributed by atoms with Gasteiger partial charge in [-0.3, -0.25) is 4.57 Å². The lowest BCUT2D eigenvalue weighted by Gasteiger charge is -2.20. The number of halogens is 1. The highest BCUT2D eigenvalue weighted by molar-refractivity contribution is 14.1. The van der Waals surface area contributed by atoms with Gasteiger partial charge in [-0.05, 0) is 55.0 Å². The van der Waals surface area contributed by atoms with Crippen molar-refractivity contribution in [2.45, 2.75) is 33.0 Å². The van der Waals surface area contributed by atoms with Crippen molar-refractivity contribution in [2.75, 3.05) is 7.11 Å². The molecule has 0 amide bonds. The van der Waals surface area contributed by atoms with Crippen LogP contribution in [0.5, 0.6) is 11.5 Å². The van der Waals surface area contributed by atoms with E-state index in [0.29, 0.717) is 18.1 Å². The van der Waals surface area contributed by atoms with Crippen molar-refractivity contribution >= 4 is 39.6 Å². The number of fused-ring (bicyclic) bond motifs is 1. The van der Waals surface area contributed by atoms with Gasteiger partial charge in [0.2, 0.25) is 0 Å². The van der Waals surface area contributed by atoms with Crippen LogP contribution in [0.3, 0.4) is 0 Å². The fourth-order valence-corrected chi connectivity index (χ4v) is 3.37. The summed E-state index contributed by atoms with van der Waals surface area (Å²) in [7, 11) is 1.61. The molecule has 0 radical (unpaired) electrons. The zero-order chi connectivity index (χ0) is 19.6. The number of nitrogens with zero attached hydrogens (tertiary/aromatic N) is 1. The molecule has 0 fully saturated rings. The first-order valence-corrected chi connectivity index (χ1v) is 9.65. The lowest BCUT2D eigenvalue weighted by molar-refractivity contribution is 0.0544. The molecule has 0 aliphatic heterocycles. The number of rotatable bonds is 4. The van der Waals surface area contributed by atoms with Gasteiger partial charge in [0.05, 0.1) is 12.6 Å². The first-order chi connectivity index (χ1) is 12.8. The predicted molar refractivity (Wildman–Crippen MR) is 114 cm³/mol. The number of carbonyl (C=O) groups is 1. The summed E-state index contributed by atoms with van der Waals surface area (Å²) in [6.45, 7) is 5.95. The predicted octanol–water partition coefficient (Wildman–Crippen LogP) is 5.62. The van der Waals surface area contributed by atoms with E-state index in [0.717, 1.165) is 20.0 Å². The van der Waals surface area contributed by atoms with Gasteiger partial charge >= 0.3 is 6.09 Å². The van der Waals surface area contributed by atoms with E-state index in [1.807, 2.05) is 63.2 Å². The Morgan fingerprint density at radius 1 is 1.11 bits per heavy atom. The molecule has 3 rings (SSSR count). The van der Waals surface area contributed by atoms with E-state index >= 15 is 0 Å². The molecule has 0 aliphatic carbocycles. The third-order valence-corrected chi connectivity index (χ3v) is 4.73. The summed E-state index contributed by atoms with van der Waals surface area (Å²) < 4.78 is 19.4. The number of hydrogen-bond acceptors (Lipinski definition) is 4. The Hall–Kier alpha value is -2.22. The summed E-state index contributed by atoms with van der Waals surface area (Å²) in [5.41, 5.74) is 1.20. The molecule has 1 aromatic heterocycles. The Balaban J connectivity index is 1.98. The van der Waals surface area contributed by atoms with Crippen LogP contribution >= 0.6 is 22.6 Å². The van der Waals surface area contributed by atoms with Crippen LogP contribution in [0.2, 0.25) is 0 Å². The van der Waals surface area contributed by atoms with Crippen LogP contribution in [-0.2, 0) is 11.3 Å². The summed E-state index contributed by atoms with van der Waals surface area (Å²) in [4.78, 5) is 12.6. The number of aromatic nitrogens is 1. The molecule has 0 atom stereocenters. The van der Waals surface area contributed by atoms with Crippen LogP contribution in [0.1, 0.15) is 26.3 Å². The van der Waals surface area contributed by atoms with Crippen molar-refractivity contribution in [1.82, 2.24) is 4.57 Å². The molecular formula is C21H22INO4. The molecule has 2 aromatic carbocycles. The van der Waals surface area contributed by atoms with Crippen molar-refractivity contribution in [3.63, 3.8) is 0 Å². The lowest BCUT2D eigenvalue weighted by atomic mass is 10.2. The number of ether oxygens (including phenoxy) is 3. The monoisotopic (exact) mass is 479 g/mol. The highest BCUT2D eigenvalue weighted by atomic mass is 127. The summed E-state index contributed by atoms with van der Waals surface area (Å²) in [5, 5.41) is 0.908. The standard InChI is InChI=1S/C21H22INO4/c1-21(2,3)27-20(24)23-12-16(22)15-10-18(25-4)19(11-17(15)23)26-13-14-8-6-5-7-9-14/h5-12H,13H2,1-4H3. The van der Waals surface area contributed by atoms with Gasteiger partial charge in [0.1, 0.15) is 12.2 Å². The molecule has 0 saturated carbocycles. The van der Waals surface area contributed by atoms with E-state index < -0.39 is 11.7 Å². The van der Waals surface area contributed by atoms with E-state index in [9.17, 15) is 4.79 Å². The van der Waals surface area contributed by atoms with Gasteiger partial charge in [0, 0.05) is 21.2 Å². The minimum atomic E-state index is -0.571. The number of hydrogen-bond donors (Lipinski definition) is 0. The second kappa shape index (κ2) is 7.80. The van der Waals surface area contributed by atoms with Gasteiger partial charge in [-0.2, -0.15) is 0 Å². The normalized spacial score (nSPS) is 11.4. The van der Waals surface area contributed by atoms with Crippen molar-refractivity contribution < 1.29 is 19.0 Å². The largest absolute Gasteiger partial charge is 0.493 e. The highest BCUT2D eigenvalue weighted by Gasteiger charge is 2.22. The summed E-state index contributed by atoms with van der Waals surface area (Å²) in [6.07, 6.45) is 1.34. The van der Waals surface area contributed by atoms with Crippen LogP contribution in [0.4, 0.5) is 4.79 Å². The minimum Gasteiger partial charge on any atom is -0.493 e. The Labute approximate surface area is 172 Å². The maximum Gasteiger partial charge on any atom is 0.419 e. The smallest absolute Gasteiger partial charge is 0.419 e. The number of carbonyl (C=O) groups excluding carboxylic acids is 1. The molecule has 0 bridgehead atoms. The molecule has 0 aliphatic rings. The topological polar surface area (TPSA) is 49.7 Å². The lowest BCUT2D eigenvalue weighted by Crippen LogP contribution is -2.26. The van der Waals surface area contributed by atoms with Crippen LogP contribution in [0, 0.1) is 3.57 Å². The summed E-state index contributed by atoms with van der Waals surface area (Å²) in [6, 6.07) is 13.6. The second-order valence-electron chi connectivity index (χ2n) is 7.12. The van der Waals surface area contributed by atoms with Gasteiger partial charge in [-0.1, -0.05) is 30.3 Å². The minimum absolute atomic E-state index is 0.410. The number of benzene rings is 2. The van der Waals surface area contributed by atoms with E-state index in [4.69, 9.17) is 14.2 Å². The first-order valence-electron chi connectivity index (χ1n) is 8.57. The van der Waals surface area contributed by atoms with E-state index in [-0.39, 0.29) is 0 Å². The van der Waals surface area contributed by atoms with Crippen molar-refractivity contribution in [2.24, 2.45) is 0 Å². The first kappa shape index (κ1) is 19.5. The van der Waals surface area contributed by atoms with E-state index in [2.05, 4.69) is 22.6 Å². The summed E-state index contributed by atoms with van der Waals surface area (Å²) in [5.74, 6) is 1.20. The molecule has 0 saturated heterocycles. The van der Waals surface area contributed by atoms with Crippen LogP contribution in [0.25, 0.3) is 10.9 Å². The molecule has 0 N–H and O–H groups in total. The molecule has 5 nitrogen and oxygen atoms in total. The van der Waals surface area contributed by atoms with E-state index in [1.54, 1.807) is 13.3 Å². The molecule has 142 valence electrons. The van der Waals surface area contributed by atoms with Gasteiger partial charge in [0.25, 0.3) is 0 Å². The molecule has 6 heteroatoms. The highest BCUT2D eigenvalue weighted by Crippen LogP contribution is 2.36. The maximum atomic E-state index is 12.6. The van der Waals surface area contributed by atoms with E-state index in [1.165, 1.54) is 4.57 Å². The Morgan fingerprint density at radius 3 is 2.44 bits per heavy atom. The van der Waals surface area contributed by atoms with Gasteiger partial charge < -0.3 is 14.2 Å². The number of methoxy groups -OCH3 is 1. The van der Waals surface area contributed by atoms with Gasteiger partial charge in [0.15, 0.2) is 11.5 Å². The zero-order valence-corrected chi connectivity index (χ0v) is 17.9. The van der Waals surface area contributed by atoms with Gasteiger partial charge in [-0.15, -0.1) is 0 Å². The van der Waals surface area contributed by atoms with Crippen LogP contribution in [-0.4, -0.2) is 23.4 Å². The van der Waals surface area contributed by atoms with Crippen molar-refractivity contribution in [3.8, 4) is 11.5 Å². The fourth-order valence-electron chi connectivity index (χ4n) is 2.66. The average Bonchev–Trinajstić information content (AvgIpc) is 2.94. The molecule has 0 unspecified atom stereocenters. The van der Waals surface area contributed by atoms with Crippen LogP contribution < -0.4 is 9.47 Å². The molecule has 27 heavy (non-hydrogen) atoms. The zero-order valence-electron chi connectivity index (χ0n) is 15.8. The third-order valence-electron chi connectivity index (χ3n) is 3.87. The quantitative estimate of drug-likeness (QED) is 0.456. The molecular weight excluding hydrogens is 457 g/mol. The Morgan fingerprint density at radius 2 is 1.81 bits per heavy atom. The molecule has 3 aromatic rings. The Kier molecular flexibility index (Phi) is 5.64. The van der Waals surface area contributed by atoms with Gasteiger partial charge in [-0.25, -0.2) is 4.79 Å². The summed E-state index contributed by atoms with van der Waals surface area (Å²) >= 11 is 2.20. The maximum absolute atomic E-state index is 12.6. The third kappa shape index (κ3) is 4.55. The van der Waals surface area contributed by atoms with Crippen molar-refractivity contribution in [3.05, 3.63) is 57.8 Å². The molecule has 0 spiro atoms. The Bertz CT molecular complexity index is 958. The van der Waals surface area contributed by atoms with Crippen LogP contribution in [0.15, 0.2) is 48.7 Å². The second-order valence-corrected chi connectivity index (χ2v) is 8.28. The fraction of sp³-hybridized carbons (Fsp3) is 0.286. The SMILES string of the molecule is COc1cc2c(I)cn(C(=O)OC(C)(C)C)c2cc1OCc1ccccc1. The van der Waals surface area contributed by atoms with Crippen molar-refractivity contribution in [1.29, 1.82) is 0 Å². The average molecular weight is 479 g/mol.